The number of carbonyl (C=O) groups excluding carboxylic acids is 4. The predicted molar refractivity (Wildman–Crippen MR) is 181 cm³/mol. The minimum absolute atomic E-state index is 0.0670. The number of hydrogen-bond acceptors (Lipinski definition) is 8. The maximum Gasteiger partial charge on any atom is 0.423 e. The minimum Gasteiger partial charge on any atom is -0.462 e. The van der Waals surface area contributed by atoms with Crippen LogP contribution in [0.5, 0.6) is 11.5 Å². The summed E-state index contributed by atoms with van der Waals surface area (Å²) in [5, 5.41) is -1.49. The van der Waals surface area contributed by atoms with Gasteiger partial charge in [-0.3, -0.25) is 0 Å². The molecule has 0 N–H and O–H groups in total. The lowest BCUT2D eigenvalue weighted by molar-refractivity contribution is -0.156. The van der Waals surface area contributed by atoms with Crippen LogP contribution in [-0.4, -0.2) is 37.1 Å². The fourth-order valence-corrected chi connectivity index (χ4v) is 5.76. The summed E-state index contributed by atoms with van der Waals surface area (Å²) in [7, 11) is 0. The Balaban J connectivity index is 2.34. The van der Waals surface area contributed by atoms with E-state index in [1.807, 2.05) is 13.8 Å². The number of hydrogen-bond donors (Lipinski definition) is 0. The van der Waals surface area contributed by atoms with Crippen molar-refractivity contribution in [2.75, 3.05) is 13.2 Å². The van der Waals surface area contributed by atoms with Crippen molar-refractivity contribution >= 4 is 93.5 Å². The standard InChI is InChI=1S/C32H36Cl6O8/c1-5-9-11-17(7-3)15-43-29(39)23-25(37)19(33)13-21(35)27(23)45-31(41)32(42)46-28-22(36)14-20(34)26(38)24(28)30(40)44-16-18(8-4)12-10-6-2/h13-14,17-18H,5-12,15-16H2,1-4H3. The first kappa shape index (κ1) is 40.2. The Labute approximate surface area is 299 Å². The van der Waals surface area contributed by atoms with E-state index in [0.717, 1.165) is 63.5 Å². The Morgan fingerprint density at radius 1 is 0.587 bits per heavy atom. The van der Waals surface area contributed by atoms with E-state index >= 15 is 0 Å². The van der Waals surface area contributed by atoms with Crippen LogP contribution in [0.3, 0.4) is 0 Å². The van der Waals surface area contributed by atoms with E-state index in [1.54, 1.807) is 0 Å². The maximum absolute atomic E-state index is 13.1. The molecule has 0 aliphatic carbocycles. The second kappa shape index (κ2) is 19.8. The molecule has 0 saturated carbocycles. The van der Waals surface area contributed by atoms with Crippen LogP contribution in [0.4, 0.5) is 0 Å². The van der Waals surface area contributed by atoms with Crippen molar-refractivity contribution in [2.45, 2.75) is 79.1 Å². The Morgan fingerprint density at radius 2 is 0.935 bits per heavy atom. The quantitative estimate of drug-likeness (QED) is 0.0721. The molecule has 0 amide bonds. The SMILES string of the molecule is CCCCC(CC)COC(=O)c1c(Cl)c(Cl)cc(Cl)c1OC(=O)C(=O)Oc1c(Cl)cc(Cl)c(Cl)c1C(=O)OCC(CC)CCCC. The van der Waals surface area contributed by atoms with Crippen molar-refractivity contribution in [3.8, 4) is 11.5 Å². The molecule has 46 heavy (non-hydrogen) atoms. The lowest BCUT2D eigenvalue weighted by Crippen LogP contribution is -2.27. The first-order valence-corrected chi connectivity index (χ1v) is 17.2. The highest BCUT2D eigenvalue weighted by molar-refractivity contribution is 6.47. The number of ether oxygens (including phenoxy) is 4. The fraction of sp³-hybridized carbons (Fsp3) is 0.500. The largest absolute Gasteiger partial charge is 0.462 e. The third kappa shape index (κ3) is 11.1. The number of unbranched alkanes of at least 4 members (excludes halogenated alkanes) is 2. The highest BCUT2D eigenvalue weighted by atomic mass is 35.5. The van der Waals surface area contributed by atoms with Crippen LogP contribution in [-0.2, 0) is 19.1 Å². The Morgan fingerprint density at radius 3 is 1.24 bits per heavy atom. The normalized spacial score (nSPS) is 12.3. The molecule has 0 aliphatic heterocycles. The van der Waals surface area contributed by atoms with E-state index in [4.69, 9.17) is 88.6 Å². The predicted octanol–water partition coefficient (Wildman–Crippen LogP) is 10.9. The van der Waals surface area contributed by atoms with Crippen molar-refractivity contribution in [3.05, 3.63) is 53.4 Å². The van der Waals surface area contributed by atoms with Gasteiger partial charge in [-0.1, -0.05) is 136 Å². The van der Waals surface area contributed by atoms with E-state index in [9.17, 15) is 19.2 Å². The molecule has 0 radical (unpaired) electrons. The molecule has 2 aromatic carbocycles. The molecule has 0 spiro atoms. The van der Waals surface area contributed by atoms with Crippen molar-refractivity contribution in [2.24, 2.45) is 11.8 Å². The van der Waals surface area contributed by atoms with Crippen molar-refractivity contribution in [1.82, 2.24) is 0 Å². The number of halogens is 6. The van der Waals surface area contributed by atoms with E-state index < -0.39 is 46.5 Å². The molecular formula is C32H36Cl6O8. The third-order valence-corrected chi connectivity index (χ3v) is 9.34. The average Bonchev–Trinajstić information content (AvgIpc) is 3.02. The molecule has 0 bridgehead atoms. The van der Waals surface area contributed by atoms with Gasteiger partial charge in [-0.2, -0.15) is 0 Å². The molecule has 8 nitrogen and oxygen atoms in total. The minimum atomic E-state index is -1.64. The van der Waals surface area contributed by atoms with Crippen LogP contribution in [0.1, 0.15) is 99.8 Å². The van der Waals surface area contributed by atoms with Gasteiger partial charge >= 0.3 is 23.9 Å². The van der Waals surface area contributed by atoms with Crippen molar-refractivity contribution < 1.29 is 38.1 Å². The highest BCUT2D eigenvalue weighted by Gasteiger charge is 2.32. The van der Waals surface area contributed by atoms with Gasteiger partial charge in [0.15, 0.2) is 11.5 Å². The summed E-state index contributed by atoms with van der Waals surface area (Å²) in [5.74, 6) is -6.22. The Bertz CT molecular complexity index is 1310. The van der Waals surface area contributed by atoms with Crippen LogP contribution >= 0.6 is 69.6 Å². The molecule has 0 aromatic heterocycles. The molecule has 2 rings (SSSR count). The summed E-state index contributed by atoms with van der Waals surface area (Å²) < 4.78 is 21.3. The van der Waals surface area contributed by atoms with E-state index in [0.29, 0.717) is 0 Å². The molecule has 254 valence electrons. The summed E-state index contributed by atoms with van der Waals surface area (Å²) in [6.45, 7) is 8.18. The first-order valence-electron chi connectivity index (χ1n) is 14.9. The van der Waals surface area contributed by atoms with Gasteiger partial charge in [0.2, 0.25) is 0 Å². The second-order valence-corrected chi connectivity index (χ2v) is 12.9. The molecule has 2 unspecified atom stereocenters. The van der Waals surface area contributed by atoms with Gasteiger partial charge in [-0.05, 0) is 36.8 Å². The van der Waals surface area contributed by atoms with Crippen LogP contribution in [0, 0.1) is 11.8 Å². The number of benzene rings is 2. The lowest BCUT2D eigenvalue weighted by Gasteiger charge is -2.18. The summed E-state index contributed by atoms with van der Waals surface area (Å²) in [6.07, 6.45) is 7.05. The Hall–Kier alpha value is -1.94. The zero-order valence-corrected chi connectivity index (χ0v) is 30.4. The van der Waals surface area contributed by atoms with Gasteiger partial charge < -0.3 is 18.9 Å². The summed E-state index contributed by atoms with van der Waals surface area (Å²) in [4.78, 5) is 52.2. The number of esters is 4. The van der Waals surface area contributed by atoms with Crippen molar-refractivity contribution in [3.63, 3.8) is 0 Å². The van der Waals surface area contributed by atoms with Crippen LogP contribution in [0.2, 0.25) is 30.1 Å². The van der Waals surface area contributed by atoms with E-state index in [1.165, 1.54) is 0 Å². The first-order chi connectivity index (χ1) is 21.8. The zero-order valence-electron chi connectivity index (χ0n) is 25.9. The van der Waals surface area contributed by atoms with E-state index in [2.05, 4.69) is 13.8 Å². The van der Waals surface area contributed by atoms with Gasteiger partial charge in [-0.15, -0.1) is 0 Å². The molecule has 14 heteroatoms. The lowest BCUT2D eigenvalue weighted by atomic mass is 10.0. The van der Waals surface area contributed by atoms with Gasteiger partial charge in [-0.25, -0.2) is 19.2 Å². The highest BCUT2D eigenvalue weighted by Crippen LogP contribution is 2.42. The van der Waals surface area contributed by atoms with Crippen LogP contribution in [0.15, 0.2) is 12.1 Å². The molecule has 0 saturated heterocycles. The molecule has 2 aromatic rings. The van der Waals surface area contributed by atoms with Crippen molar-refractivity contribution in [1.29, 1.82) is 0 Å². The van der Waals surface area contributed by atoms with Gasteiger partial charge in [0.25, 0.3) is 0 Å². The van der Waals surface area contributed by atoms with Gasteiger partial charge in [0, 0.05) is 0 Å². The van der Waals surface area contributed by atoms with Crippen LogP contribution < -0.4 is 9.47 Å². The molecular weight excluding hydrogens is 725 g/mol. The molecule has 2 atom stereocenters. The Kier molecular flexibility index (Phi) is 17.3. The summed E-state index contributed by atoms with van der Waals surface area (Å²) in [5.41, 5.74) is -0.924. The van der Waals surface area contributed by atoms with E-state index in [-0.39, 0.29) is 55.2 Å². The maximum atomic E-state index is 13.1. The average molecular weight is 761 g/mol. The van der Waals surface area contributed by atoms with Crippen LogP contribution in [0.25, 0.3) is 0 Å². The second-order valence-electron chi connectivity index (χ2n) is 10.5. The topological polar surface area (TPSA) is 105 Å². The smallest absolute Gasteiger partial charge is 0.423 e. The monoisotopic (exact) mass is 758 g/mol. The fourth-order valence-electron chi connectivity index (χ4n) is 4.32. The number of carbonyl (C=O) groups is 4. The number of rotatable bonds is 16. The molecule has 0 fully saturated rings. The van der Waals surface area contributed by atoms with Gasteiger partial charge in [0.1, 0.15) is 11.1 Å². The summed E-state index contributed by atoms with van der Waals surface area (Å²) in [6, 6.07) is 2.25. The van der Waals surface area contributed by atoms with Gasteiger partial charge in [0.05, 0.1) is 43.3 Å². The zero-order chi connectivity index (χ0) is 34.6. The molecule has 0 heterocycles. The summed E-state index contributed by atoms with van der Waals surface area (Å²) >= 11 is 37.4. The third-order valence-electron chi connectivity index (χ3n) is 7.20. The molecule has 0 aliphatic rings.